The van der Waals surface area contributed by atoms with Gasteiger partial charge in [-0.1, -0.05) is 11.6 Å². The van der Waals surface area contributed by atoms with E-state index in [-0.39, 0.29) is 21.2 Å². The first-order valence-corrected chi connectivity index (χ1v) is 8.20. The number of nitro benzene ring substituents is 1. The first kappa shape index (κ1) is 16.2. The molecule has 0 aromatic heterocycles. The molecule has 7 nitrogen and oxygen atoms in total. The highest BCUT2D eigenvalue weighted by Gasteiger charge is 2.34. The van der Waals surface area contributed by atoms with E-state index in [0.29, 0.717) is 19.5 Å². The van der Waals surface area contributed by atoms with Crippen molar-refractivity contribution in [2.45, 2.75) is 30.7 Å². The van der Waals surface area contributed by atoms with Crippen LogP contribution in [-0.4, -0.2) is 32.0 Å². The Bertz CT molecular complexity index is 684. The maximum Gasteiger partial charge on any atom is 0.275 e. The molecule has 0 saturated carbocycles. The fraction of sp³-hybridized carbons (Fsp3) is 0.500. The predicted octanol–water partition coefficient (Wildman–Crippen LogP) is 1.59. The molecule has 0 aliphatic carbocycles. The zero-order chi connectivity index (χ0) is 15.8. The molecular weight excluding hydrogens is 318 g/mol. The van der Waals surface area contributed by atoms with E-state index in [2.05, 4.69) is 10.0 Å². The minimum Gasteiger partial charge on any atom is -0.315 e. The summed E-state index contributed by atoms with van der Waals surface area (Å²) in [4.78, 5) is 10.1. The first-order valence-electron chi connectivity index (χ1n) is 6.34. The van der Waals surface area contributed by atoms with Gasteiger partial charge in [0.15, 0.2) is 0 Å². The Morgan fingerprint density at radius 1 is 1.48 bits per heavy atom. The predicted molar refractivity (Wildman–Crippen MR) is 79.1 cm³/mol. The standard InChI is InChI=1S/C12H16ClN3O4S/c1-8-10(13)5-9(6-11(8)16(17)18)21(19,20)15-12(2)3-4-14-7-12/h5-6,14-15H,3-4,7H2,1-2H3. The molecule has 1 aromatic rings. The molecule has 1 heterocycles. The van der Waals surface area contributed by atoms with Crippen LogP contribution in [0.2, 0.25) is 5.02 Å². The number of nitrogens with one attached hydrogen (secondary N) is 2. The van der Waals surface area contributed by atoms with Gasteiger partial charge in [-0.25, -0.2) is 13.1 Å². The Morgan fingerprint density at radius 3 is 2.67 bits per heavy atom. The lowest BCUT2D eigenvalue weighted by Crippen LogP contribution is -2.47. The van der Waals surface area contributed by atoms with E-state index in [1.165, 1.54) is 13.0 Å². The molecule has 0 bridgehead atoms. The van der Waals surface area contributed by atoms with Crippen LogP contribution in [0.15, 0.2) is 17.0 Å². The van der Waals surface area contributed by atoms with Crippen molar-refractivity contribution in [3.63, 3.8) is 0 Å². The minimum absolute atomic E-state index is 0.0549. The minimum atomic E-state index is -3.88. The second-order valence-electron chi connectivity index (χ2n) is 5.40. The van der Waals surface area contributed by atoms with Gasteiger partial charge in [0, 0.05) is 23.7 Å². The molecular formula is C12H16ClN3O4S. The van der Waals surface area contributed by atoms with Crippen LogP contribution in [0, 0.1) is 17.0 Å². The Labute approximate surface area is 127 Å². The van der Waals surface area contributed by atoms with E-state index in [1.807, 2.05) is 0 Å². The number of benzene rings is 1. The summed E-state index contributed by atoms with van der Waals surface area (Å²) in [6, 6.07) is 2.27. The van der Waals surface area contributed by atoms with Crippen molar-refractivity contribution in [3.05, 3.63) is 32.8 Å². The quantitative estimate of drug-likeness (QED) is 0.643. The number of halogens is 1. The van der Waals surface area contributed by atoms with Gasteiger partial charge in [-0.05, 0) is 32.9 Å². The van der Waals surface area contributed by atoms with Crippen LogP contribution in [0.1, 0.15) is 18.9 Å². The molecule has 1 atom stereocenters. The van der Waals surface area contributed by atoms with Crippen molar-refractivity contribution < 1.29 is 13.3 Å². The molecule has 1 aromatic carbocycles. The first-order chi connectivity index (χ1) is 9.65. The lowest BCUT2D eigenvalue weighted by molar-refractivity contribution is -0.385. The maximum absolute atomic E-state index is 12.4. The van der Waals surface area contributed by atoms with Gasteiger partial charge in [0.1, 0.15) is 0 Å². The highest BCUT2D eigenvalue weighted by atomic mass is 35.5. The van der Waals surface area contributed by atoms with Crippen molar-refractivity contribution in [3.8, 4) is 0 Å². The lowest BCUT2D eigenvalue weighted by atomic mass is 10.0. The second-order valence-corrected chi connectivity index (χ2v) is 7.49. The van der Waals surface area contributed by atoms with Crippen LogP contribution in [0.5, 0.6) is 0 Å². The summed E-state index contributed by atoms with van der Waals surface area (Å²) < 4.78 is 27.4. The number of nitrogens with zero attached hydrogens (tertiary/aromatic N) is 1. The smallest absolute Gasteiger partial charge is 0.275 e. The van der Waals surface area contributed by atoms with E-state index in [9.17, 15) is 18.5 Å². The molecule has 0 spiro atoms. The summed E-state index contributed by atoms with van der Waals surface area (Å²) in [5.74, 6) is 0. The van der Waals surface area contributed by atoms with Gasteiger partial charge < -0.3 is 5.32 Å². The van der Waals surface area contributed by atoms with E-state index >= 15 is 0 Å². The largest absolute Gasteiger partial charge is 0.315 e. The molecule has 21 heavy (non-hydrogen) atoms. The molecule has 1 aliphatic heterocycles. The van der Waals surface area contributed by atoms with Crippen LogP contribution in [0.25, 0.3) is 0 Å². The molecule has 1 fully saturated rings. The average Bonchev–Trinajstić information content (AvgIpc) is 2.77. The number of nitro groups is 1. The summed E-state index contributed by atoms with van der Waals surface area (Å²) in [7, 11) is -3.88. The summed E-state index contributed by atoms with van der Waals surface area (Å²) >= 11 is 5.91. The van der Waals surface area contributed by atoms with Gasteiger partial charge in [0.25, 0.3) is 5.69 Å². The third kappa shape index (κ3) is 3.34. The Balaban J connectivity index is 2.43. The van der Waals surface area contributed by atoms with Crippen molar-refractivity contribution >= 4 is 27.3 Å². The van der Waals surface area contributed by atoms with Crippen molar-refractivity contribution in [1.82, 2.24) is 10.0 Å². The van der Waals surface area contributed by atoms with Gasteiger partial charge in [0.2, 0.25) is 10.0 Å². The second kappa shape index (κ2) is 5.53. The highest BCUT2D eigenvalue weighted by Crippen LogP contribution is 2.30. The number of hydrogen-bond acceptors (Lipinski definition) is 5. The lowest BCUT2D eigenvalue weighted by Gasteiger charge is -2.24. The molecule has 9 heteroatoms. The maximum atomic E-state index is 12.4. The molecule has 0 radical (unpaired) electrons. The number of sulfonamides is 1. The monoisotopic (exact) mass is 333 g/mol. The third-order valence-corrected chi connectivity index (χ3v) is 5.56. The van der Waals surface area contributed by atoms with Crippen LogP contribution in [0.3, 0.4) is 0 Å². The zero-order valence-corrected chi connectivity index (χ0v) is 13.2. The van der Waals surface area contributed by atoms with Crippen LogP contribution < -0.4 is 10.0 Å². The van der Waals surface area contributed by atoms with Crippen molar-refractivity contribution in [2.75, 3.05) is 13.1 Å². The average molecular weight is 334 g/mol. The number of rotatable bonds is 4. The van der Waals surface area contributed by atoms with E-state index in [4.69, 9.17) is 11.6 Å². The van der Waals surface area contributed by atoms with Gasteiger partial charge in [-0.2, -0.15) is 0 Å². The van der Waals surface area contributed by atoms with E-state index in [1.54, 1.807) is 6.92 Å². The fourth-order valence-corrected chi connectivity index (χ4v) is 4.03. The SMILES string of the molecule is Cc1c(Cl)cc(S(=O)(=O)NC2(C)CCNC2)cc1[N+](=O)[O-]. The third-order valence-electron chi connectivity index (χ3n) is 3.55. The van der Waals surface area contributed by atoms with Gasteiger partial charge >= 0.3 is 0 Å². The Hall–Kier alpha value is -1.22. The summed E-state index contributed by atoms with van der Waals surface area (Å²) in [6.07, 6.45) is 0.647. The van der Waals surface area contributed by atoms with E-state index in [0.717, 1.165) is 6.07 Å². The molecule has 0 amide bonds. The van der Waals surface area contributed by atoms with Gasteiger partial charge in [-0.15, -0.1) is 0 Å². The molecule has 2 rings (SSSR count). The van der Waals surface area contributed by atoms with Crippen LogP contribution in [0.4, 0.5) is 5.69 Å². The molecule has 1 unspecified atom stereocenters. The summed E-state index contributed by atoms with van der Waals surface area (Å²) in [5, 5.41) is 14.1. The van der Waals surface area contributed by atoms with Crippen molar-refractivity contribution in [2.24, 2.45) is 0 Å². The van der Waals surface area contributed by atoms with Crippen LogP contribution >= 0.6 is 11.6 Å². The normalized spacial score (nSPS) is 22.4. The topological polar surface area (TPSA) is 101 Å². The Kier molecular flexibility index (Phi) is 4.25. The van der Waals surface area contributed by atoms with Crippen molar-refractivity contribution in [1.29, 1.82) is 0 Å². The van der Waals surface area contributed by atoms with Crippen LogP contribution in [-0.2, 0) is 10.0 Å². The Morgan fingerprint density at radius 2 is 2.14 bits per heavy atom. The van der Waals surface area contributed by atoms with Gasteiger partial charge in [0.05, 0.1) is 14.8 Å². The molecule has 116 valence electrons. The molecule has 2 N–H and O–H groups in total. The number of hydrogen-bond donors (Lipinski definition) is 2. The van der Waals surface area contributed by atoms with Gasteiger partial charge in [-0.3, -0.25) is 10.1 Å². The summed E-state index contributed by atoms with van der Waals surface area (Å²) in [5.41, 5.74) is -0.669. The summed E-state index contributed by atoms with van der Waals surface area (Å²) in [6.45, 7) is 4.49. The molecule has 1 aliphatic rings. The zero-order valence-electron chi connectivity index (χ0n) is 11.6. The van der Waals surface area contributed by atoms with E-state index < -0.39 is 20.5 Å². The fourth-order valence-electron chi connectivity index (χ4n) is 2.27. The molecule has 1 saturated heterocycles. The highest BCUT2D eigenvalue weighted by molar-refractivity contribution is 7.89.